The average molecular weight is 525 g/mol. The number of carbonyl (C=O) groups excluding carboxylic acids is 3. The van der Waals surface area contributed by atoms with Gasteiger partial charge in [0.05, 0.1) is 6.10 Å². The molecule has 1 aromatic rings. The number of fused-ring (bicyclic) bond motifs is 1. The normalized spacial score (nSPS) is 27.6. The topological polar surface area (TPSA) is 82.2 Å². The quantitative estimate of drug-likeness (QED) is 0.591. The van der Waals surface area contributed by atoms with E-state index in [-0.39, 0.29) is 42.1 Å². The number of amides is 2. The Labute approximate surface area is 227 Å². The van der Waals surface area contributed by atoms with Crippen LogP contribution in [0.1, 0.15) is 63.2 Å². The highest BCUT2D eigenvalue weighted by atomic mass is 16.5. The van der Waals surface area contributed by atoms with Crippen LogP contribution in [0.4, 0.5) is 5.69 Å². The summed E-state index contributed by atoms with van der Waals surface area (Å²) in [5.74, 6) is 0.162. The number of hydrogen-bond acceptors (Lipinski definition) is 6. The fraction of sp³-hybridized carbons (Fsp3) is 0.700. The van der Waals surface area contributed by atoms with E-state index in [9.17, 15) is 14.4 Å². The van der Waals surface area contributed by atoms with Crippen LogP contribution in [-0.2, 0) is 14.3 Å². The summed E-state index contributed by atoms with van der Waals surface area (Å²) in [6.07, 6.45) is 4.88. The highest BCUT2D eigenvalue weighted by Crippen LogP contribution is 2.37. The number of piperazine rings is 1. The third kappa shape index (κ3) is 5.48. The van der Waals surface area contributed by atoms with Gasteiger partial charge >= 0.3 is 0 Å². The fourth-order valence-corrected chi connectivity index (χ4v) is 6.91. The van der Waals surface area contributed by atoms with Crippen molar-refractivity contribution in [1.29, 1.82) is 0 Å². The van der Waals surface area contributed by atoms with Crippen molar-refractivity contribution < 1.29 is 19.1 Å². The van der Waals surface area contributed by atoms with Gasteiger partial charge in [0.25, 0.3) is 5.91 Å². The van der Waals surface area contributed by atoms with Gasteiger partial charge in [-0.15, -0.1) is 0 Å². The Morgan fingerprint density at radius 3 is 2.34 bits per heavy atom. The summed E-state index contributed by atoms with van der Waals surface area (Å²) in [6, 6.07) is 6.62. The second-order valence-corrected chi connectivity index (χ2v) is 11.9. The van der Waals surface area contributed by atoms with Gasteiger partial charge in [-0.25, -0.2) is 0 Å². The monoisotopic (exact) mass is 524 g/mol. The van der Waals surface area contributed by atoms with E-state index in [2.05, 4.69) is 35.9 Å². The molecule has 8 heteroatoms. The lowest BCUT2D eigenvalue weighted by Crippen LogP contribution is -2.55. The van der Waals surface area contributed by atoms with E-state index in [1.807, 2.05) is 24.3 Å². The number of anilines is 1. The molecule has 0 aromatic heterocycles. The molecule has 4 atom stereocenters. The first kappa shape index (κ1) is 27.1. The number of hydrogen-bond donors (Lipinski definition) is 1. The van der Waals surface area contributed by atoms with Crippen molar-refractivity contribution in [3.8, 4) is 0 Å². The van der Waals surface area contributed by atoms with E-state index in [1.54, 1.807) is 4.90 Å². The van der Waals surface area contributed by atoms with Crippen LogP contribution in [0.25, 0.3) is 0 Å². The van der Waals surface area contributed by atoms with Gasteiger partial charge in [-0.2, -0.15) is 0 Å². The number of nitrogens with zero attached hydrogens (tertiary/aromatic N) is 3. The van der Waals surface area contributed by atoms with Gasteiger partial charge in [-0.1, -0.05) is 40.0 Å². The number of ketones is 1. The third-order valence-corrected chi connectivity index (χ3v) is 9.35. The molecule has 0 spiro atoms. The van der Waals surface area contributed by atoms with E-state index >= 15 is 0 Å². The number of nitrogens with one attached hydrogen (secondary N) is 1. The van der Waals surface area contributed by atoms with Crippen molar-refractivity contribution in [3.05, 3.63) is 29.8 Å². The predicted molar refractivity (Wildman–Crippen MR) is 147 cm³/mol. The molecule has 3 heterocycles. The molecule has 38 heavy (non-hydrogen) atoms. The Morgan fingerprint density at radius 2 is 1.71 bits per heavy atom. The first-order valence-electron chi connectivity index (χ1n) is 14.7. The first-order valence-corrected chi connectivity index (χ1v) is 14.7. The third-order valence-electron chi connectivity index (χ3n) is 9.35. The summed E-state index contributed by atoms with van der Waals surface area (Å²) in [5.41, 5.74) is 1.69. The molecule has 8 nitrogen and oxygen atoms in total. The lowest BCUT2D eigenvalue weighted by atomic mass is 9.83. The summed E-state index contributed by atoms with van der Waals surface area (Å²) < 4.78 is 5.86. The molecule has 1 aromatic carbocycles. The van der Waals surface area contributed by atoms with Crippen molar-refractivity contribution in [2.75, 3.05) is 50.8 Å². The lowest BCUT2D eigenvalue weighted by molar-refractivity contribution is -0.139. The zero-order chi connectivity index (χ0) is 26.8. The summed E-state index contributed by atoms with van der Waals surface area (Å²) in [5, 5.41) is 3.13. The van der Waals surface area contributed by atoms with Gasteiger partial charge < -0.3 is 24.8 Å². The molecule has 208 valence electrons. The van der Waals surface area contributed by atoms with Crippen LogP contribution in [0.15, 0.2) is 24.3 Å². The molecule has 1 N–H and O–H groups in total. The molecule has 4 fully saturated rings. The molecular weight excluding hydrogens is 480 g/mol. The molecule has 5 rings (SSSR count). The lowest BCUT2D eigenvalue weighted by Gasteiger charge is -2.35. The van der Waals surface area contributed by atoms with Crippen LogP contribution in [0.3, 0.4) is 0 Å². The van der Waals surface area contributed by atoms with E-state index in [0.29, 0.717) is 18.0 Å². The van der Waals surface area contributed by atoms with E-state index in [0.717, 1.165) is 70.5 Å². The minimum atomic E-state index is -0.621. The maximum absolute atomic E-state index is 14.1. The van der Waals surface area contributed by atoms with Crippen molar-refractivity contribution in [1.82, 2.24) is 15.1 Å². The Balaban J connectivity index is 1.31. The summed E-state index contributed by atoms with van der Waals surface area (Å²) in [4.78, 5) is 46.8. The van der Waals surface area contributed by atoms with E-state index < -0.39 is 12.1 Å². The number of ether oxygens (including phenoxy) is 1. The van der Waals surface area contributed by atoms with Crippen molar-refractivity contribution in [3.63, 3.8) is 0 Å². The molecule has 0 bridgehead atoms. The van der Waals surface area contributed by atoms with Crippen molar-refractivity contribution in [2.24, 2.45) is 17.8 Å². The number of carbonyl (C=O) groups is 3. The predicted octanol–water partition coefficient (Wildman–Crippen LogP) is 2.96. The zero-order valence-corrected chi connectivity index (χ0v) is 23.2. The van der Waals surface area contributed by atoms with E-state index in [1.165, 1.54) is 0 Å². The summed E-state index contributed by atoms with van der Waals surface area (Å²) in [6.45, 7) is 12.2. The standard InChI is InChI=1S/C30H44N4O4/c1-4-32-14-16-33(17-15-32)23-12-10-22(11-13-23)29(36)31-26(21-8-6-5-7-9-21)30(37)34-18-24(20(2)3)28-27(34)25(35)19-38-28/h10-13,20-21,24,26-28H,4-9,14-19H2,1-3H3,(H,31,36)/t24-,26+,27-,28-/m1/s1. The first-order chi connectivity index (χ1) is 18.4. The number of likely N-dealkylation sites (N-methyl/N-ethyl adjacent to an activating group) is 1. The maximum atomic E-state index is 14.1. The highest BCUT2D eigenvalue weighted by molar-refractivity contribution is 5.99. The van der Waals surface area contributed by atoms with Gasteiger partial charge in [0, 0.05) is 49.9 Å². The van der Waals surface area contributed by atoms with Crippen LogP contribution in [0.2, 0.25) is 0 Å². The highest BCUT2D eigenvalue weighted by Gasteiger charge is 2.54. The van der Waals surface area contributed by atoms with Gasteiger partial charge in [0.1, 0.15) is 18.7 Å². The number of rotatable bonds is 7. The maximum Gasteiger partial charge on any atom is 0.251 e. The van der Waals surface area contributed by atoms with Gasteiger partial charge in [-0.3, -0.25) is 14.4 Å². The number of Topliss-reactive ketones (excluding diaryl/α,β-unsaturated/α-hetero) is 1. The molecule has 1 aliphatic carbocycles. The smallest absolute Gasteiger partial charge is 0.251 e. The molecule has 4 aliphatic rings. The number of benzene rings is 1. The van der Waals surface area contributed by atoms with Crippen LogP contribution in [0, 0.1) is 17.8 Å². The molecule has 3 saturated heterocycles. The minimum Gasteiger partial charge on any atom is -0.369 e. The van der Waals surface area contributed by atoms with Crippen LogP contribution >= 0.6 is 0 Å². The molecule has 1 saturated carbocycles. The van der Waals surface area contributed by atoms with Crippen molar-refractivity contribution >= 4 is 23.3 Å². The average Bonchev–Trinajstić information content (AvgIpc) is 3.52. The molecular formula is C30H44N4O4. The van der Waals surface area contributed by atoms with Gasteiger partial charge in [-0.05, 0) is 55.5 Å². The Kier molecular flexibility index (Phi) is 8.38. The van der Waals surface area contributed by atoms with Gasteiger partial charge in [0.2, 0.25) is 5.91 Å². The van der Waals surface area contributed by atoms with Crippen molar-refractivity contribution in [2.45, 2.75) is 71.1 Å². The SMILES string of the molecule is CCN1CCN(c2ccc(C(=O)N[C@H](C(=O)N3C[C@H](C(C)C)[C@H]4OCC(=O)[C@H]43)C3CCCCC3)cc2)CC1. The fourth-order valence-electron chi connectivity index (χ4n) is 6.91. The van der Waals surface area contributed by atoms with Crippen LogP contribution in [-0.4, -0.2) is 91.5 Å². The summed E-state index contributed by atoms with van der Waals surface area (Å²) >= 11 is 0. The minimum absolute atomic E-state index is 0.0180. The Hall–Kier alpha value is -2.45. The molecule has 2 amide bonds. The molecule has 0 radical (unpaired) electrons. The molecule has 0 unspecified atom stereocenters. The van der Waals surface area contributed by atoms with Crippen LogP contribution < -0.4 is 10.2 Å². The number of likely N-dealkylation sites (tertiary alicyclic amines) is 1. The van der Waals surface area contributed by atoms with Gasteiger partial charge in [0.15, 0.2) is 5.78 Å². The molecule has 3 aliphatic heterocycles. The Bertz CT molecular complexity index is 998. The summed E-state index contributed by atoms with van der Waals surface area (Å²) in [7, 11) is 0. The largest absolute Gasteiger partial charge is 0.369 e. The van der Waals surface area contributed by atoms with Crippen LogP contribution in [0.5, 0.6) is 0 Å². The second kappa shape index (κ2) is 11.7. The zero-order valence-electron chi connectivity index (χ0n) is 23.2. The van der Waals surface area contributed by atoms with E-state index in [4.69, 9.17) is 4.74 Å². The second-order valence-electron chi connectivity index (χ2n) is 11.9. The Morgan fingerprint density at radius 1 is 1.03 bits per heavy atom.